The first-order chi connectivity index (χ1) is 17.7. The molecule has 15 heteroatoms. The number of carboxylic acids is 1. The van der Waals surface area contributed by atoms with Crippen molar-refractivity contribution in [2.75, 3.05) is 20.4 Å². The van der Waals surface area contributed by atoms with Crippen LogP contribution in [0.2, 0.25) is 0 Å². The van der Waals surface area contributed by atoms with Crippen molar-refractivity contribution >= 4 is 47.4 Å². The quantitative estimate of drug-likeness (QED) is 0.119. The van der Waals surface area contributed by atoms with Gasteiger partial charge in [-0.25, -0.2) is 14.5 Å². The number of nitrogens with one attached hydrogen (secondary N) is 6. The van der Waals surface area contributed by atoms with Crippen LogP contribution < -0.4 is 26.7 Å². The SMILES string of the molecule is C=N.CCC(C)C(=O)NOS(C)=O.CCC(NC(=O)C(CC)NC(C)=O)C(=O)O.CCC(NC)C(=O)NC. The normalized spacial score (nSPS) is 13.4. The number of hydroxylamine groups is 1. The molecule has 0 rings (SSSR count). The lowest BCUT2D eigenvalue weighted by Crippen LogP contribution is -2.50. The lowest BCUT2D eigenvalue weighted by atomic mass is 10.1. The lowest BCUT2D eigenvalue weighted by molar-refractivity contribution is -0.142. The molecule has 0 aromatic carbocycles. The summed E-state index contributed by atoms with van der Waals surface area (Å²) in [6.07, 6.45) is 3.64. The fourth-order valence-corrected chi connectivity index (χ4v) is 2.49. The molecule has 0 aromatic rings. The van der Waals surface area contributed by atoms with Gasteiger partial charge >= 0.3 is 5.97 Å². The summed E-state index contributed by atoms with van der Waals surface area (Å²) in [4.78, 5) is 54.8. The molecule has 0 fully saturated rings. The second kappa shape index (κ2) is 27.1. The maximum Gasteiger partial charge on any atom is 0.326 e. The van der Waals surface area contributed by atoms with Crippen LogP contribution in [0.15, 0.2) is 0 Å². The van der Waals surface area contributed by atoms with E-state index >= 15 is 0 Å². The molecule has 5 atom stereocenters. The molecule has 0 aliphatic carbocycles. The Kier molecular flexibility index (Phi) is 30.1. The Morgan fingerprint density at radius 2 is 1.32 bits per heavy atom. The van der Waals surface area contributed by atoms with E-state index in [1.807, 2.05) is 13.8 Å². The average Bonchev–Trinajstić information content (AvgIpc) is 2.90. The van der Waals surface area contributed by atoms with Crippen molar-refractivity contribution in [1.82, 2.24) is 26.7 Å². The van der Waals surface area contributed by atoms with Gasteiger partial charge in [-0.2, -0.15) is 4.28 Å². The first-order valence-electron chi connectivity index (χ1n) is 12.1. The van der Waals surface area contributed by atoms with Gasteiger partial charge < -0.3 is 31.8 Å². The van der Waals surface area contributed by atoms with Crippen molar-refractivity contribution in [3.05, 3.63) is 0 Å². The minimum absolute atomic E-state index is 0.0324. The highest BCUT2D eigenvalue weighted by Gasteiger charge is 2.23. The molecule has 7 N–H and O–H groups in total. The molecular weight excluding hydrogens is 520 g/mol. The maximum absolute atomic E-state index is 11.6. The van der Waals surface area contributed by atoms with Crippen molar-refractivity contribution in [2.24, 2.45) is 5.92 Å². The van der Waals surface area contributed by atoms with Gasteiger partial charge in [-0.15, -0.1) is 0 Å². The minimum Gasteiger partial charge on any atom is -0.480 e. The number of hydrogen-bond acceptors (Lipinski definition) is 9. The molecule has 0 aliphatic rings. The first-order valence-corrected chi connectivity index (χ1v) is 13.6. The maximum atomic E-state index is 11.6. The van der Waals surface area contributed by atoms with Crippen molar-refractivity contribution in [1.29, 1.82) is 5.41 Å². The topological polar surface area (TPSA) is 216 Å². The predicted octanol–water partition coefficient (Wildman–Crippen LogP) is 0.250. The van der Waals surface area contributed by atoms with E-state index in [0.29, 0.717) is 12.8 Å². The molecule has 38 heavy (non-hydrogen) atoms. The van der Waals surface area contributed by atoms with E-state index in [0.717, 1.165) is 12.8 Å². The van der Waals surface area contributed by atoms with Gasteiger partial charge in [0, 0.05) is 26.1 Å². The highest BCUT2D eigenvalue weighted by atomic mass is 32.2. The van der Waals surface area contributed by atoms with Gasteiger partial charge in [0.15, 0.2) is 11.1 Å². The van der Waals surface area contributed by atoms with Gasteiger partial charge in [-0.1, -0.05) is 34.6 Å². The first kappa shape index (κ1) is 42.2. The monoisotopic (exact) mass is 568 g/mol. The van der Waals surface area contributed by atoms with Crippen LogP contribution >= 0.6 is 0 Å². The van der Waals surface area contributed by atoms with Crippen LogP contribution in [0.5, 0.6) is 0 Å². The smallest absolute Gasteiger partial charge is 0.326 e. The number of rotatable bonds is 13. The largest absolute Gasteiger partial charge is 0.480 e. The Bertz CT molecular complexity index is 722. The van der Waals surface area contributed by atoms with Crippen LogP contribution in [-0.2, 0) is 39.3 Å². The van der Waals surface area contributed by atoms with Crippen LogP contribution in [0.25, 0.3) is 0 Å². The predicted molar refractivity (Wildman–Crippen MR) is 148 cm³/mol. The Balaban J connectivity index is -0.000000230. The van der Waals surface area contributed by atoms with Crippen LogP contribution in [0, 0.1) is 11.3 Å². The highest BCUT2D eigenvalue weighted by molar-refractivity contribution is 7.79. The zero-order chi connectivity index (χ0) is 30.8. The van der Waals surface area contributed by atoms with Crippen molar-refractivity contribution in [3.63, 3.8) is 0 Å². The van der Waals surface area contributed by atoms with E-state index in [-0.39, 0.29) is 29.7 Å². The van der Waals surface area contributed by atoms with Gasteiger partial charge in [-0.3, -0.25) is 19.2 Å². The summed E-state index contributed by atoms with van der Waals surface area (Å²) in [5, 5.41) is 24.5. The van der Waals surface area contributed by atoms with Gasteiger partial charge in [0.05, 0.1) is 6.04 Å². The molecule has 0 aromatic heterocycles. The summed E-state index contributed by atoms with van der Waals surface area (Å²) in [5.74, 6) is -2.13. The molecule has 0 saturated heterocycles. The van der Waals surface area contributed by atoms with E-state index in [1.165, 1.54) is 13.2 Å². The third-order valence-electron chi connectivity index (χ3n) is 4.76. The van der Waals surface area contributed by atoms with Crippen LogP contribution in [0.4, 0.5) is 0 Å². The number of carboxylic acid groups (broad SMARTS) is 1. The van der Waals surface area contributed by atoms with Crippen molar-refractivity contribution in [2.45, 2.75) is 85.4 Å². The van der Waals surface area contributed by atoms with Crippen LogP contribution in [0.1, 0.15) is 67.2 Å². The molecular formula is C23H48N6O8S. The fraction of sp³-hybridized carbons (Fsp3) is 0.739. The Labute approximate surface area is 228 Å². The molecule has 0 heterocycles. The highest BCUT2D eigenvalue weighted by Crippen LogP contribution is 1.99. The number of likely N-dealkylation sites (N-methyl/N-ethyl adjacent to an activating group) is 2. The number of carbonyl (C=O) groups is 5. The van der Waals surface area contributed by atoms with Gasteiger partial charge in [-0.05, 0) is 39.4 Å². The third-order valence-corrected chi connectivity index (χ3v) is 5.08. The molecule has 0 radical (unpaired) electrons. The molecule has 4 amide bonds. The van der Waals surface area contributed by atoms with Gasteiger partial charge in [0.25, 0.3) is 0 Å². The number of hydrogen-bond donors (Lipinski definition) is 7. The van der Waals surface area contributed by atoms with Crippen LogP contribution in [-0.4, -0.2) is 84.1 Å². The second-order valence-corrected chi connectivity index (χ2v) is 8.56. The van der Waals surface area contributed by atoms with Gasteiger partial charge in [0.2, 0.25) is 23.6 Å². The van der Waals surface area contributed by atoms with E-state index < -0.39 is 35.0 Å². The fourth-order valence-electron chi connectivity index (χ4n) is 2.29. The Morgan fingerprint density at radius 1 is 0.842 bits per heavy atom. The van der Waals surface area contributed by atoms with E-state index in [9.17, 15) is 28.2 Å². The van der Waals surface area contributed by atoms with E-state index in [4.69, 9.17) is 10.5 Å². The molecule has 0 bridgehead atoms. The molecule has 5 unspecified atom stereocenters. The molecule has 0 saturated carbocycles. The number of carbonyl (C=O) groups excluding carboxylic acids is 4. The summed E-state index contributed by atoms with van der Waals surface area (Å²) in [6, 6.07) is -1.61. The van der Waals surface area contributed by atoms with E-state index in [1.54, 1.807) is 34.9 Å². The zero-order valence-electron chi connectivity index (χ0n) is 24.1. The molecule has 0 spiro atoms. The molecule has 224 valence electrons. The van der Waals surface area contributed by atoms with E-state index in [2.05, 4.69) is 37.7 Å². The third kappa shape index (κ3) is 23.5. The summed E-state index contributed by atoms with van der Waals surface area (Å²) in [7, 11) is 3.42. The standard InChI is InChI=1S/C10H18N2O4.C6H14N2O.C6H13NO3S.CH3N/c1-4-7(11-6(3)13)9(14)12-8(5-2)10(15)16;1-4-5(7-2)6(9)8-3;1-4-5(2)6(8)7-10-11(3)9;1-2/h7-8H,4-5H2,1-3H3,(H,11,13)(H,12,14)(H,15,16);5,7H,4H2,1-3H3,(H,8,9);5H,4H2,1-3H3,(H,7,8);2H,1H2. The zero-order valence-corrected chi connectivity index (χ0v) is 24.9. The summed E-state index contributed by atoms with van der Waals surface area (Å²) in [6.45, 7) is 12.9. The Hall–Kier alpha value is -2.91. The van der Waals surface area contributed by atoms with Crippen molar-refractivity contribution < 1.29 is 37.6 Å². The summed E-state index contributed by atoms with van der Waals surface area (Å²) >= 11 is -1.44. The minimum atomic E-state index is -1.44. The lowest BCUT2D eigenvalue weighted by Gasteiger charge is -2.18. The number of aliphatic carboxylic acids is 1. The molecule has 0 aliphatic heterocycles. The second-order valence-electron chi connectivity index (χ2n) is 7.59. The molecule has 14 nitrogen and oxygen atoms in total. The summed E-state index contributed by atoms with van der Waals surface area (Å²) in [5.41, 5.74) is 2.09. The van der Waals surface area contributed by atoms with Gasteiger partial charge in [0.1, 0.15) is 12.1 Å². The average molecular weight is 569 g/mol. The number of amides is 4. The van der Waals surface area contributed by atoms with Crippen molar-refractivity contribution in [3.8, 4) is 0 Å². The Morgan fingerprint density at radius 3 is 1.58 bits per heavy atom. The van der Waals surface area contributed by atoms with Crippen LogP contribution in [0.3, 0.4) is 0 Å². The summed E-state index contributed by atoms with van der Waals surface area (Å²) < 4.78 is 14.7.